The van der Waals surface area contributed by atoms with Gasteiger partial charge in [0.2, 0.25) is 0 Å². The van der Waals surface area contributed by atoms with Gasteiger partial charge in [-0.15, -0.1) is 0 Å². The van der Waals surface area contributed by atoms with E-state index in [1.54, 1.807) is 11.5 Å². The summed E-state index contributed by atoms with van der Waals surface area (Å²) in [5.74, 6) is 0.364. The second kappa shape index (κ2) is 6.63. The van der Waals surface area contributed by atoms with Gasteiger partial charge in [0.05, 0.1) is 35.4 Å². The third-order valence-electron chi connectivity index (χ3n) is 6.89. The molecule has 1 N–H and O–H groups in total. The molecule has 6 rings (SSSR count). The molecule has 0 aliphatic carbocycles. The Labute approximate surface area is 184 Å². The zero-order valence-electron chi connectivity index (χ0n) is 18.0. The van der Waals surface area contributed by atoms with Gasteiger partial charge in [-0.1, -0.05) is 6.92 Å². The van der Waals surface area contributed by atoms with Crippen molar-refractivity contribution in [3.63, 3.8) is 0 Å². The Hall–Kier alpha value is -3.23. The van der Waals surface area contributed by atoms with Crippen LogP contribution >= 0.6 is 0 Å². The van der Waals surface area contributed by atoms with E-state index in [-0.39, 0.29) is 18.6 Å². The van der Waals surface area contributed by atoms with Crippen LogP contribution in [0.25, 0.3) is 22.3 Å². The van der Waals surface area contributed by atoms with Crippen LogP contribution in [0.5, 0.6) is 5.75 Å². The summed E-state index contributed by atoms with van der Waals surface area (Å²) in [6.45, 7) is 3.38. The second-order valence-electron chi connectivity index (χ2n) is 8.93. The van der Waals surface area contributed by atoms with Crippen LogP contribution in [-0.2, 0) is 34.8 Å². The second-order valence-corrected chi connectivity index (χ2v) is 8.93. The number of ether oxygens (including phenoxy) is 2. The number of benzene rings is 1. The number of carbonyl (C=O) groups is 1. The fraction of sp³-hybridized carbons (Fsp3) is 0.375. The molecule has 8 heteroatoms. The molecule has 32 heavy (non-hydrogen) atoms. The van der Waals surface area contributed by atoms with E-state index in [4.69, 9.17) is 14.5 Å². The van der Waals surface area contributed by atoms with Crippen molar-refractivity contribution < 1.29 is 19.4 Å². The van der Waals surface area contributed by atoms with Gasteiger partial charge in [0.25, 0.3) is 5.56 Å². The van der Waals surface area contributed by atoms with Crippen molar-refractivity contribution in [2.45, 2.75) is 45.1 Å². The molecule has 0 spiro atoms. The molecule has 0 bridgehead atoms. The lowest BCUT2D eigenvalue weighted by molar-refractivity contribution is -0.149. The van der Waals surface area contributed by atoms with Crippen LogP contribution in [0.1, 0.15) is 42.0 Å². The van der Waals surface area contributed by atoms with Crippen LogP contribution in [-0.4, -0.2) is 39.3 Å². The number of nitrogens with zero attached hydrogens (tertiary/aromatic N) is 3. The van der Waals surface area contributed by atoms with Gasteiger partial charge < -0.3 is 19.1 Å². The van der Waals surface area contributed by atoms with Gasteiger partial charge in [0, 0.05) is 23.1 Å². The van der Waals surface area contributed by atoms with Gasteiger partial charge in [-0.25, -0.2) is 4.98 Å². The molecule has 8 nitrogen and oxygen atoms in total. The van der Waals surface area contributed by atoms with Crippen LogP contribution in [0.2, 0.25) is 0 Å². The number of cyclic esters (lactones) is 1. The number of fused-ring (bicyclic) bond motifs is 7. The number of pyridine rings is 2. The number of hydrogen-bond acceptors (Lipinski definition) is 7. The highest BCUT2D eigenvalue weighted by atomic mass is 16.5. The van der Waals surface area contributed by atoms with Gasteiger partial charge in [-0.2, -0.15) is 0 Å². The topological polar surface area (TPSA) is 93.9 Å². The molecular weight excluding hydrogens is 410 g/mol. The average molecular weight is 433 g/mol. The number of aliphatic hydroxyl groups is 1. The lowest BCUT2D eigenvalue weighted by Gasteiger charge is -2.26. The Kier molecular flexibility index (Phi) is 4.03. The first-order chi connectivity index (χ1) is 15.4. The highest BCUT2D eigenvalue weighted by Crippen LogP contribution is 2.40. The van der Waals surface area contributed by atoms with Crippen molar-refractivity contribution >= 4 is 16.9 Å². The summed E-state index contributed by atoms with van der Waals surface area (Å²) < 4.78 is 12.7. The summed E-state index contributed by atoms with van der Waals surface area (Å²) in [7, 11) is 2.01. The molecule has 3 aliphatic heterocycles. The third kappa shape index (κ3) is 2.66. The number of esters is 1. The fourth-order valence-corrected chi connectivity index (χ4v) is 5.08. The minimum atomic E-state index is -1.43. The van der Waals surface area contributed by atoms with Crippen molar-refractivity contribution in [3.05, 3.63) is 56.9 Å². The van der Waals surface area contributed by atoms with Crippen molar-refractivity contribution in [2.24, 2.45) is 0 Å². The van der Waals surface area contributed by atoms with Gasteiger partial charge in [-0.3, -0.25) is 14.5 Å². The van der Waals surface area contributed by atoms with Crippen LogP contribution in [0, 0.1) is 0 Å². The Morgan fingerprint density at radius 2 is 2.00 bits per heavy atom. The van der Waals surface area contributed by atoms with Crippen molar-refractivity contribution in [3.8, 4) is 17.1 Å². The van der Waals surface area contributed by atoms with E-state index in [0.29, 0.717) is 36.5 Å². The Morgan fingerprint density at radius 3 is 2.81 bits per heavy atom. The first-order valence-electron chi connectivity index (χ1n) is 10.8. The van der Waals surface area contributed by atoms with Crippen LogP contribution in [0.4, 0.5) is 0 Å². The molecule has 164 valence electrons. The standard InChI is InChI=1S/C24H23N3O5/c1-3-24(30)8-21(28)31-11-16-17(24)7-19-22-13(9-27(19)23(16)29)6-14-15-10-26(2)12-32-20(15)5-4-18(14)25-22/h4-7,30H,3,8-12H2,1-2H3. The monoisotopic (exact) mass is 433 g/mol. The maximum Gasteiger partial charge on any atom is 0.309 e. The summed E-state index contributed by atoms with van der Waals surface area (Å²) in [5, 5.41) is 12.2. The third-order valence-corrected chi connectivity index (χ3v) is 6.89. The summed E-state index contributed by atoms with van der Waals surface area (Å²) in [6, 6.07) is 7.81. The quantitative estimate of drug-likeness (QED) is 0.460. The Balaban J connectivity index is 1.57. The number of rotatable bonds is 1. The summed E-state index contributed by atoms with van der Waals surface area (Å²) in [6.07, 6.45) is 0.132. The summed E-state index contributed by atoms with van der Waals surface area (Å²) >= 11 is 0. The van der Waals surface area contributed by atoms with Gasteiger partial charge in [-0.05, 0) is 43.3 Å². The largest absolute Gasteiger partial charge is 0.478 e. The zero-order valence-corrected chi connectivity index (χ0v) is 18.0. The van der Waals surface area contributed by atoms with E-state index in [2.05, 4.69) is 11.0 Å². The Morgan fingerprint density at radius 1 is 1.16 bits per heavy atom. The molecule has 0 radical (unpaired) electrons. The number of hydrogen-bond donors (Lipinski definition) is 1. The molecule has 0 amide bonds. The molecule has 2 aromatic heterocycles. The predicted molar refractivity (Wildman–Crippen MR) is 116 cm³/mol. The van der Waals surface area contributed by atoms with Crippen molar-refractivity contribution in [1.82, 2.24) is 14.5 Å². The Bertz CT molecular complexity index is 1380. The predicted octanol–water partition coefficient (Wildman–Crippen LogP) is 2.25. The van der Waals surface area contributed by atoms with E-state index in [1.807, 2.05) is 25.2 Å². The number of aromatic nitrogens is 2. The molecule has 1 unspecified atom stereocenters. The fourth-order valence-electron chi connectivity index (χ4n) is 5.08. The molecule has 5 heterocycles. The van der Waals surface area contributed by atoms with Gasteiger partial charge >= 0.3 is 5.97 Å². The number of carbonyl (C=O) groups excluding carboxylic acids is 1. The zero-order chi connectivity index (χ0) is 22.2. The highest BCUT2D eigenvalue weighted by Gasteiger charge is 2.39. The molecule has 0 saturated carbocycles. The molecule has 0 fully saturated rings. The minimum Gasteiger partial charge on any atom is -0.478 e. The lowest BCUT2D eigenvalue weighted by atomic mass is 9.85. The molecule has 0 saturated heterocycles. The summed E-state index contributed by atoms with van der Waals surface area (Å²) in [4.78, 5) is 32.5. The van der Waals surface area contributed by atoms with E-state index in [0.717, 1.165) is 40.0 Å². The maximum atomic E-state index is 13.4. The smallest absolute Gasteiger partial charge is 0.309 e. The van der Waals surface area contributed by atoms with Crippen molar-refractivity contribution in [2.75, 3.05) is 13.8 Å². The molecule has 3 aliphatic rings. The van der Waals surface area contributed by atoms with Crippen molar-refractivity contribution in [1.29, 1.82) is 0 Å². The van der Waals surface area contributed by atoms with E-state index < -0.39 is 11.6 Å². The van der Waals surface area contributed by atoms with Crippen LogP contribution in [0.3, 0.4) is 0 Å². The molecule has 1 atom stereocenters. The molecule has 3 aromatic rings. The van der Waals surface area contributed by atoms with Gasteiger partial charge in [0.1, 0.15) is 24.7 Å². The van der Waals surface area contributed by atoms with E-state index in [1.165, 1.54) is 0 Å². The normalized spacial score (nSPS) is 21.8. The maximum absolute atomic E-state index is 13.4. The SMILES string of the molecule is CCC1(O)CC(=O)OCc2c1cc1n(c2=O)Cc2cc3c4c(ccc3nc2-1)OCN(C)C4. The minimum absolute atomic E-state index is 0.126. The lowest BCUT2D eigenvalue weighted by Crippen LogP contribution is -2.32. The van der Waals surface area contributed by atoms with Crippen LogP contribution in [0.15, 0.2) is 29.1 Å². The first-order valence-corrected chi connectivity index (χ1v) is 10.8. The molecular formula is C24H23N3O5. The highest BCUT2D eigenvalue weighted by molar-refractivity contribution is 5.88. The average Bonchev–Trinajstić information content (AvgIpc) is 3.08. The van der Waals surface area contributed by atoms with E-state index in [9.17, 15) is 14.7 Å². The van der Waals surface area contributed by atoms with Gasteiger partial charge in [0.15, 0.2) is 0 Å². The summed E-state index contributed by atoms with van der Waals surface area (Å²) in [5.41, 5.74) is 3.42. The van der Waals surface area contributed by atoms with Crippen LogP contribution < -0.4 is 10.3 Å². The first kappa shape index (κ1) is 19.5. The molecule has 1 aromatic carbocycles. The van der Waals surface area contributed by atoms with E-state index >= 15 is 0 Å².